The second-order valence-electron chi connectivity index (χ2n) is 4.16. The van der Waals surface area contributed by atoms with Crippen molar-refractivity contribution in [1.29, 1.82) is 0 Å². The molecule has 3 nitrogen and oxygen atoms in total. The zero-order valence-corrected chi connectivity index (χ0v) is 11.8. The first-order valence-electron chi connectivity index (χ1n) is 5.45. The highest BCUT2D eigenvalue weighted by Gasteiger charge is 2.09. The van der Waals surface area contributed by atoms with Crippen LogP contribution in [0, 0.1) is 13.8 Å². The van der Waals surface area contributed by atoms with Crippen molar-refractivity contribution < 1.29 is 4.42 Å². The van der Waals surface area contributed by atoms with Crippen LogP contribution in [-0.2, 0) is 6.54 Å². The lowest BCUT2D eigenvalue weighted by molar-refractivity contribution is 0.481. The Morgan fingerprint density at radius 2 is 2.12 bits per heavy atom. The molecule has 0 fully saturated rings. The molecule has 0 spiro atoms. The molecular weight excluding hydrogens is 280 g/mol. The SMILES string of the molecule is Cc1ccc(CN(C)c2ncc(Br)cc2C)o1. The predicted molar refractivity (Wildman–Crippen MR) is 72.2 cm³/mol. The van der Waals surface area contributed by atoms with Gasteiger partial charge in [0.2, 0.25) is 0 Å². The fourth-order valence-corrected chi connectivity index (χ4v) is 2.26. The molecule has 0 aliphatic rings. The van der Waals surface area contributed by atoms with Crippen LogP contribution in [0.1, 0.15) is 17.1 Å². The van der Waals surface area contributed by atoms with Crippen LogP contribution in [0.3, 0.4) is 0 Å². The smallest absolute Gasteiger partial charge is 0.131 e. The van der Waals surface area contributed by atoms with Gasteiger partial charge in [-0.05, 0) is 53.5 Å². The Labute approximate surface area is 110 Å². The molecule has 0 atom stereocenters. The highest BCUT2D eigenvalue weighted by atomic mass is 79.9. The van der Waals surface area contributed by atoms with E-state index in [4.69, 9.17) is 4.42 Å². The molecular formula is C13H15BrN2O. The third-order valence-electron chi connectivity index (χ3n) is 2.57. The van der Waals surface area contributed by atoms with Crippen LogP contribution in [0.25, 0.3) is 0 Å². The van der Waals surface area contributed by atoms with Crippen molar-refractivity contribution >= 4 is 21.7 Å². The molecule has 2 aromatic rings. The van der Waals surface area contributed by atoms with E-state index in [1.165, 1.54) is 0 Å². The second kappa shape index (κ2) is 4.92. The molecule has 17 heavy (non-hydrogen) atoms. The largest absolute Gasteiger partial charge is 0.464 e. The zero-order chi connectivity index (χ0) is 12.4. The number of anilines is 1. The molecule has 0 saturated carbocycles. The average molecular weight is 295 g/mol. The van der Waals surface area contributed by atoms with Crippen molar-refractivity contribution in [1.82, 2.24) is 4.98 Å². The molecule has 0 aliphatic heterocycles. The van der Waals surface area contributed by atoms with Gasteiger partial charge in [-0.3, -0.25) is 0 Å². The molecule has 0 radical (unpaired) electrons. The van der Waals surface area contributed by atoms with E-state index in [0.717, 1.165) is 33.9 Å². The number of halogens is 1. The maximum atomic E-state index is 5.56. The average Bonchev–Trinajstić information content (AvgIpc) is 2.63. The highest BCUT2D eigenvalue weighted by molar-refractivity contribution is 9.10. The van der Waals surface area contributed by atoms with Crippen LogP contribution >= 0.6 is 15.9 Å². The number of hydrogen-bond donors (Lipinski definition) is 0. The van der Waals surface area contributed by atoms with E-state index in [0.29, 0.717) is 0 Å². The number of nitrogens with zero attached hydrogens (tertiary/aromatic N) is 2. The van der Waals surface area contributed by atoms with E-state index in [1.54, 1.807) is 0 Å². The normalized spacial score (nSPS) is 10.6. The molecule has 2 rings (SSSR count). The Morgan fingerprint density at radius 1 is 1.35 bits per heavy atom. The number of pyridine rings is 1. The maximum Gasteiger partial charge on any atom is 0.131 e. The molecule has 0 unspecified atom stereocenters. The summed E-state index contributed by atoms with van der Waals surface area (Å²) in [4.78, 5) is 6.50. The van der Waals surface area contributed by atoms with E-state index in [2.05, 4.69) is 38.8 Å². The Balaban J connectivity index is 2.17. The van der Waals surface area contributed by atoms with Crippen LogP contribution < -0.4 is 4.90 Å². The lowest BCUT2D eigenvalue weighted by Crippen LogP contribution is -2.18. The predicted octanol–water partition coefficient (Wildman–Crippen LogP) is 3.69. The first-order chi connectivity index (χ1) is 8.06. The standard InChI is InChI=1S/C13H15BrN2O/c1-9-6-11(14)7-15-13(9)16(3)8-12-5-4-10(2)17-12/h4-7H,8H2,1-3H3. The molecule has 0 aromatic carbocycles. The monoisotopic (exact) mass is 294 g/mol. The summed E-state index contributed by atoms with van der Waals surface area (Å²) in [7, 11) is 2.01. The number of furan rings is 1. The van der Waals surface area contributed by atoms with Gasteiger partial charge in [-0.25, -0.2) is 4.98 Å². The van der Waals surface area contributed by atoms with Crippen LogP contribution in [0.5, 0.6) is 0 Å². The van der Waals surface area contributed by atoms with Crippen molar-refractivity contribution in [3.8, 4) is 0 Å². The van der Waals surface area contributed by atoms with Gasteiger partial charge in [-0.2, -0.15) is 0 Å². The van der Waals surface area contributed by atoms with Gasteiger partial charge in [0.15, 0.2) is 0 Å². The van der Waals surface area contributed by atoms with Crippen molar-refractivity contribution in [2.24, 2.45) is 0 Å². The van der Waals surface area contributed by atoms with E-state index in [1.807, 2.05) is 32.3 Å². The molecule has 0 aliphatic carbocycles. The molecule has 0 bridgehead atoms. The second-order valence-corrected chi connectivity index (χ2v) is 5.08. The third-order valence-corrected chi connectivity index (χ3v) is 3.00. The van der Waals surface area contributed by atoms with Crippen LogP contribution in [0.2, 0.25) is 0 Å². The summed E-state index contributed by atoms with van der Waals surface area (Å²) in [5.74, 6) is 2.87. The van der Waals surface area contributed by atoms with Crippen molar-refractivity contribution in [2.45, 2.75) is 20.4 Å². The Kier molecular flexibility index (Phi) is 3.52. The van der Waals surface area contributed by atoms with E-state index < -0.39 is 0 Å². The van der Waals surface area contributed by atoms with E-state index >= 15 is 0 Å². The number of hydrogen-bond acceptors (Lipinski definition) is 3. The van der Waals surface area contributed by atoms with Crippen LogP contribution in [0.4, 0.5) is 5.82 Å². The van der Waals surface area contributed by atoms with Crippen LogP contribution in [-0.4, -0.2) is 12.0 Å². The van der Waals surface area contributed by atoms with E-state index in [9.17, 15) is 0 Å². The summed E-state index contributed by atoms with van der Waals surface area (Å²) >= 11 is 3.42. The van der Waals surface area contributed by atoms with Gasteiger partial charge >= 0.3 is 0 Å². The van der Waals surface area contributed by atoms with Gasteiger partial charge in [-0.1, -0.05) is 0 Å². The number of aryl methyl sites for hydroxylation is 2. The summed E-state index contributed by atoms with van der Waals surface area (Å²) in [5, 5.41) is 0. The fraction of sp³-hybridized carbons (Fsp3) is 0.308. The summed E-state index contributed by atoms with van der Waals surface area (Å²) < 4.78 is 6.56. The first-order valence-corrected chi connectivity index (χ1v) is 6.24. The minimum atomic E-state index is 0.726. The summed E-state index contributed by atoms with van der Waals surface area (Å²) in [6.45, 7) is 4.73. The molecule has 0 saturated heterocycles. The third kappa shape index (κ3) is 2.88. The quantitative estimate of drug-likeness (QED) is 0.865. The van der Waals surface area contributed by atoms with Crippen molar-refractivity contribution in [3.63, 3.8) is 0 Å². The first kappa shape index (κ1) is 12.2. The summed E-state index contributed by atoms with van der Waals surface area (Å²) in [6.07, 6.45) is 1.81. The minimum absolute atomic E-state index is 0.726. The molecule has 0 N–H and O–H groups in total. The Bertz CT molecular complexity index is 522. The molecule has 90 valence electrons. The molecule has 4 heteroatoms. The zero-order valence-electron chi connectivity index (χ0n) is 10.2. The lowest BCUT2D eigenvalue weighted by Gasteiger charge is -2.18. The minimum Gasteiger partial charge on any atom is -0.464 e. The Morgan fingerprint density at radius 3 is 2.71 bits per heavy atom. The molecule has 0 amide bonds. The van der Waals surface area contributed by atoms with Crippen molar-refractivity contribution in [3.05, 3.63) is 46.0 Å². The van der Waals surface area contributed by atoms with E-state index in [-0.39, 0.29) is 0 Å². The fourth-order valence-electron chi connectivity index (χ4n) is 1.81. The number of rotatable bonds is 3. The molecule has 2 heterocycles. The number of aromatic nitrogens is 1. The van der Waals surface area contributed by atoms with Gasteiger partial charge in [0.25, 0.3) is 0 Å². The van der Waals surface area contributed by atoms with Gasteiger partial charge in [0.1, 0.15) is 17.3 Å². The van der Waals surface area contributed by atoms with Gasteiger partial charge in [-0.15, -0.1) is 0 Å². The Hall–Kier alpha value is -1.29. The lowest BCUT2D eigenvalue weighted by atomic mass is 10.2. The topological polar surface area (TPSA) is 29.3 Å². The maximum absolute atomic E-state index is 5.56. The van der Waals surface area contributed by atoms with Gasteiger partial charge in [0.05, 0.1) is 6.54 Å². The van der Waals surface area contributed by atoms with Gasteiger partial charge in [0, 0.05) is 17.7 Å². The van der Waals surface area contributed by atoms with Crippen molar-refractivity contribution in [2.75, 3.05) is 11.9 Å². The highest BCUT2D eigenvalue weighted by Crippen LogP contribution is 2.21. The van der Waals surface area contributed by atoms with Crippen LogP contribution in [0.15, 0.2) is 33.3 Å². The summed E-state index contributed by atoms with van der Waals surface area (Å²) in [6, 6.07) is 6.04. The summed E-state index contributed by atoms with van der Waals surface area (Å²) in [5.41, 5.74) is 1.14. The molecule has 2 aromatic heterocycles. The van der Waals surface area contributed by atoms with Gasteiger partial charge < -0.3 is 9.32 Å².